The van der Waals surface area contributed by atoms with Crippen molar-refractivity contribution in [3.8, 4) is 0 Å². The molecule has 0 spiro atoms. The van der Waals surface area contributed by atoms with E-state index in [1.165, 1.54) is 6.92 Å². The summed E-state index contributed by atoms with van der Waals surface area (Å²) in [4.78, 5) is 38.2. The summed E-state index contributed by atoms with van der Waals surface area (Å²) < 4.78 is 1.83. The summed E-state index contributed by atoms with van der Waals surface area (Å²) in [7, 11) is 1.84. The molecule has 0 aliphatic heterocycles. The number of Topliss-reactive ketones (excluding diaryl/α,β-unsaturated/α-hetero) is 3. The molecule has 24 heavy (non-hydrogen) atoms. The van der Waals surface area contributed by atoms with E-state index in [-0.39, 0.29) is 22.9 Å². The predicted molar refractivity (Wildman–Crippen MR) is 90.8 cm³/mol. The van der Waals surface area contributed by atoms with Gasteiger partial charge in [-0.2, -0.15) is 0 Å². The standard InChI is InChI=1S/C20H15NO3/c1-11(22)14-10-13-8-9-21(2)18(13)17-16(14)19(23)15(20(17)24)12-6-4-3-5-7-12/h3-10,15H,1-2H3. The van der Waals surface area contributed by atoms with Gasteiger partial charge in [-0.05, 0) is 24.6 Å². The summed E-state index contributed by atoms with van der Waals surface area (Å²) in [5, 5.41) is 0.802. The molecule has 118 valence electrons. The molecular formula is C20H15NO3. The quantitative estimate of drug-likeness (QED) is 0.536. The minimum absolute atomic E-state index is 0.202. The van der Waals surface area contributed by atoms with Crippen LogP contribution in [0.15, 0.2) is 48.7 Å². The second-order valence-corrected chi connectivity index (χ2v) is 6.17. The van der Waals surface area contributed by atoms with Crippen LogP contribution in [0, 0.1) is 0 Å². The minimum atomic E-state index is -0.861. The lowest BCUT2D eigenvalue weighted by Crippen LogP contribution is -2.13. The van der Waals surface area contributed by atoms with Crippen molar-refractivity contribution in [1.29, 1.82) is 0 Å². The molecular weight excluding hydrogens is 302 g/mol. The van der Waals surface area contributed by atoms with Crippen LogP contribution < -0.4 is 0 Å². The molecule has 1 atom stereocenters. The molecule has 0 fully saturated rings. The van der Waals surface area contributed by atoms with Gasteiger partial charge in [0.2, 0.25) is 0 Å². The van der Waals surface area contributed by atoms with Crippen LogP contribution in [0.25, 0.3) is 10.9 Å². The average Bonchev–Trinajstić information content (AvgIpc) is 3.06. The fourth-order valence-electron chi connectivity index (χ4n) is 3.60. The first-order valence-corrected chi connectivity index (χ1v) is 7.77. The fourth-order valence-corrected chi connectivity index (χ4v) is 3.60. The molecule has 2 aromatic carbocycles. The number of benzene rings is 2. The Bertz CT molecular complexity index is 1030. The Morgan fingerprint density at radius 3 is 2.33 bits per heavy atom. The Hall–Kier alpha value is -3.01. The molecule has 1 aliphatic rings. The maximum Gasteiger partial charge on any atom is 0.180 e. The van der Waals surface area contributed by atoms with Gasteiger partial charge in [0.1, 0.15) is 5.92 Å². The third-order valence-electron chi connectivity index (χ3n) is 4.69. The molecule has 0 amide bonds. The van der Waals surface area contributed by atoms with Gasteiger partial charge in [0.05, 0.1) is 11.1 Å². The molecule has 4 nitrogen and oxygen atoms in total. The SMILES string of the molecule is CC(=O)c1cc2ccn(C)c2c2c1C(=O)C(c1ccccc1)C2=O. The summed E-state index contributed by atoms with van der Waals surface area (Å²) in [5.74, 6) is -1.57. The van der Waals surface area contributed by atoms with Gasteiger partial charge in [-0.15, -0.1) is 0 Å². The van der Waals surface area contributed by atoms with Gasteiger partial charge >= 0.3 is 0 Å². The smallest absolute Gasteiger partial charge is 0.180 e. The number of carbonyl (C=O) groups is 3. The van der Waals surface area contributed by atoms with E-state index in [0.29, 0.717) is 22.2 Å². The predicted octanol–water partition coefficient (Wildman–Crippen LogP) is 3.54. The Balaban J connectivity index is 2.07. The van der Waals surface area contributed by atoms with Crippen molar-refractivity contribution >= 4 is 28.3 Å². The Labute approximate surface area is 138 Å². The monoisotopic (exact) mass is 317 g/mol. The van der Waals surface area contributed by atoms with Crippen molar-refractivity contribution in [1.82, 2.24) is 4.57 Å². The average molecular weight is 317 g/mol. The van der Waals surface area contributed by atoms with Crippen LogP contribution in [0.3, 0.4) is 0 Å². The normalized spacial score (nSPS) is 16.7. The number of hydrogen-bond acceptors (Lipinski definition) is 3. The van der Waals surface area contributed by atoms with Crippen LogP contribution in [-0.2, 0) is 7.05 Å². The summed E-state index contributed by atoms with van der Waals surface area (Å²) in [5.41, 5.74) is 2.37. The maximum atomic E-state index is 13.1. The van der Waals surface area contributed by atoms with Crippen LogP contribution in [0.5, 0.6) is 0 Å². The molecule has 1 heterocycles. The van der Waals surface area contributed by atoms with E-state index >= 15 is 0 Å². The van der Waals surface area contributed by atoms with Crippen molar-refractivity contribution in [2.24, 2.45) is 7.05 Å². The van der Waals surface area contributed by atoms with Crippen LogP contribution in [0.4, 0.5) is 0 Å². The number of nitrogens with zero attached hydrogens (tertiary/aromatic N) is 1. The second kappa shape index (κ2) is 4.99. The number of fused-ring (bicyclic) bond motifs is 3. The Morgan fingerprint density at radius 2 is 1.67 bits per heavy atom. The van der Waals surface area contributed by atoms with Crippen molar-refractivity contribution in [2.75, 3.05) is 0 Å². The number of aryl methyl sites for hydroxylation is 1. The van der Waals surface area contributed by atoms with E-state index in [2.05, 4.69) is 0 Å². The highest BCUT2D eigenvalue weighted by Gasteiger charge is 2.43. The number of carbonyl (C=O) groups excluding carboxylic acids is 3. The lowest BCUT2D eigenvalue weighted by atomic mass is 9.93. The maximum absolute atomic E-state index is 13.1. The Morgan fingerprint density at radius 1 is 1.00 bits per heavy atom. The molecule has 3 aromatic rings. The first kappa shape index (κ1) is 14.6. The highest BCUT2D eigenvalue weighted by molar-refractivity contribution is 6.35. The molecule has 0 bridgehead atoms. The zero-order chi connectivity index (χ0) is 17.0. The largest absolute Gasteiger partial charge is 0.350 e. The van der Waals surface area contributed by atoms with Gasteiger partial charge in [-0.3, -0.25) is 14.4 Å². The zero-order valence-electron chi connectivity index (χ0n) is 13.4. The fraction of sp³-hybridized carbons (Fsp3) is 0.150. The van der Waals surface area contributed by atoms with Crippen molar-refractivity contribution in [3.05, 3.63) is 70.9 Å². The molecule has 0 N–H and O–H groups in total. The van der Waals surface area contributed by atoms with E-state index in [0.717, 1.165) is 5.39 Å². The lowest BCUT2D eigenvalue weighted by Gasteiger charge is -2.07. The van der Waals surface area contributed by atoms with Crippen LogP contribution >= 0.6 is 0 Å². The van der Waals surface area contributed by atoms with Gasteiger partial charge < -0.3 is 4.57 Å². The number of hydrogen-bond donors (Lipinski definition) is 0. The summed E-state index contributed by atoms with van der Waals surface area (Å²) in [6.45, 7) is 1.43. The van der Waals surface area contributed by atoms with Gasteiger partial charge in [0, 0.05) is 29.8 Å². The van der Waals surface area contributed by atoms with E-state index in [4.69, 9.17) is 0 Å². The van der Waals surface area contributed by atoms with Gasteiger partial charge in [-0.1, -0.05) is 30.3 Å². The van der Waals surface area contributed by atoms with Crippen molar-refractivity contribution in [3.63, 3.8) is 0 Å². The molecule has 4 rings (SSSR count). The zero-order valence-corrected chi connectivity index (χ0v) is 13.4. The van der Waals surface area contributed by atoms with E-state index < -0.39 is 5.92 Å². The molecule has 1 unspecified atom stereocenters. The van der Waals surface area contributed by atoms with Crippen molar-refractivity contribution in [2.45, 2.75) is 12.8 Å². The molecule has 0 saturated carbocycles. The minimum Gasteiger partial charge on any atom is -0.350 e. The summed E-state index contributed by atoms with van der Waals surface area (Å²) in [6.07, 6.45) is 1.84. The number of rotatable bonds is 2. The van der Waals surface area contributed by atoms with E-state index in [1.54, 1.807) is 18.2 Å². The van der Waals surface area contributed by atoms with Crippen LogP contribution in [0.1, 0.15) is 49.5 Å². The van der Waals surface area contributed by atoms with E-state index in [9.17, 15) is 14.4 Å². The second-order valence-electron chi connectivity index (χ2n) is 6.17. The van der Waals surface area contributed by atoms with Gasteiger partial charge in [0.15, 0.2) is 17.3 Å². The van der Waals surface area contributed by atoms with Crippen LogP contribution in [-0.4, -0.2) is 21.9 Å². The lowest BCUT2D eigenvalue weighted by molar-refractivity contribution is 0.0885. The highest BCUT2D eigenvalue weighted by atomic mass is 16.2. The third-order valence-corrected chi connectivity index (χ3v) is 4.69. The molecule has 1 aromatic heterocycles. The third kappa shape index (κ3) is 1.83. The molecule has 4 heteroatoms. The Kier molecular flexibility index (Phi) is 3.03. The molecule has 0 saturated heterocycles. The topological polar surface area (TPSA) is 56.1 Å². The molecule has 0 radical (unpaired) electrons. The number of aromatic nitrogens is 1. The summed E-state index contributed by atoms with van der Waals surface area (Å²) in [6, 6.07) is 12.6. The first-order chi connectivity index (χ1) is 11.5. The first-order valence-electron chi connectivity index (χ1n) is 7.77. The van der Waals surface area contributed by atoms with Crippen molar-refractivity contribution < 1.29 is 14.4 Å². The van der Waals surface area contributed by atoms with Crippen LogP contribution in [0.2, 0.25) is 0 Å². The molecule has 1 aliphatic carbocycles. The summed E-state index contributed by atoms with van der Waals surface area (Å²) >= 11 is 0. The number of ketones is 3. The van der Waals surface area contributed by atoms with Gasteiger partial charge in [0.25, 0.3) is 0 Å². The van der Waals surface area contributed by atoms with E-state index in [1.807, 2.05) is 42.1 Å². The highest BCUT2D eigenvalue weighted by Crippen LogP contribution is 2.40. The van der Waals surface area contributed by atoms with Gasteiger partial charge in [-0.25, -0.2) is 0 Å².